The largest absolute Gasteiger partial charge is 0.366 e. The molecule has 1 saturated heterocycles. The number of aromatic amines is 1. The predicted molar refractivity (Wildman–Crippen MR) is 146 cm³/mol. The standard InChI is InChI=1S/C25H23IN8O3/c26-16-12-28-24(29-13-16)30-17-8-10-34(11-9-17)23(37)15-6-4-14(5-7-15)22(36)33-25-31-19-3-1-2-18(21(27)35)20(19)32-25/h1-7,12-13,17H,8-11H2,(H2,27,35)(H,28,29,30)(H2,31,32,33,36). The van der Waals surface area contributed by atoms with Crippen molar-refractivity contribution in [3.63, 3.8) is 0 Å². The highest BCUT2D eigenvalue weighted by atomic mass is 127. The number of carbonyl (C=O) groups excluding carboxylic acids is 3. The Balaban J connectivity index is 1.18. The van der Waals surface area contributed by atoms with Crippen LogP contribution in [-0.4, -0.2) is 61.7 Å². The third-order valence-electron chi connectivity index (χ3n) is 6.14. The summed E-state index contributed by atoms with van der Waals surface area (Å²) in [5.41, 5.74) is 7.51. The van der Waals surface area contributed by atoms with Gasteiger partial charge < -0.3 is 20.9 Å². The maximum Gasteiger partial charge on any atom is 0.257 e. The maximum absolute atomic E-state index is 13.0. The number of benzene rings is 2. The van der Waals surface area contributed by atoms with E-state index < -0.39 is 11.8 Å². The molecule has 11 nitrogen and oxygen atoms in total. The number of nitrogens with zero attached hydrogens (tertiary/aromatic N) is 4. The van der Waals surface area contributed by atoms with Crippen LogP contribution in [0.25, 0.3) is 11.0 Å². The lowest BCUT2D eigenvalue weighted by Crippen LogP contribution is -2.42. The summed E-state index contributed by atoms with van der Waals surface area (Å²) in [6.07, 6.45) is 5.09. The number of carbonyl (C=O) groups is 3. The van der Waals surface area contributed by atoms with Crippen molar-refractivity contribution < 1.29 is 14.4 Å². The van der Waals surface area contributed by atoms with E-state index in [1.165, 1.54) is 0 Å². The van der Waals surface area contributed by atoms with Crippen LogP contribution >= 0.6 is 22.6 Å². The molecule has 2 aromatic carbocycles. The molecule has 0 spiro atoms. The van der Waals surface area contributed by atoms with Gasteiger partial charge in [-0.25, -0.2) is 15.0 Å². The first-order valence-electron chi connectivity index (χ1n) is 11.6. The monoisotopic (exact) mass is 610 g/mol. The average molecular weight is 610 g/mol. The van der Waals surface area contributed by atoms with Crippen LogP contribution in [0, 0.1) is 3.57 Å². The fraction of sp³-hybridized carbons (Fsp3) is 0.200. The van der Waals surface area contributed by atoms with E-state index in [1.54, 1.807) is 54.9 Å². The third-order valence-corrected chi connectivity index (χ3v) is 6.70. The molecule has 12 heteroatoms. The van der Waals surface area contributed by atoms with Gasteiger partial charge in [0, 0.05) is 46.2 Å². The number of para-hydroxylation sites is 1. The Morgan fingerprint density at radius 2 is 1.68 bits per heavy atom. The van der Waals surface area contributed by atoms with Crippen LogP contribution in [0.3, 0.4) is 0 Å². The number of primary amides is 1. The van der Waals surface area contributed by atoms with Gasteiger partial charge >= 0.3 is 0 Å². The molecule has 0 aliphatic carbocycles. The zero-order chi connectivity index (χ0) is 25.9. The minimum absolute atomic E-state index is 0.0767. The van der Waals surface area contributed by atoms with Gasteiger partial charge in [-0.05, 0) is 71.8 Å². The van der Waals surface area contributed by atoms with Gasteiger partial charge in [0.05, 0.1) is 11.1 Å². The number of H-pyrrole nitrogens is 1. The highest BCUT2D eigenvalue weighted by molar-refractivity contribution is 14.1. The molecule has 188 valence electrons. The number of fused-ring (bicyclic) bond motifs is 1. The second-order valence-electron chi connectivity index (χ2n) is 8.62. The minimum atomic E-state index is -0.601. The van der Waals surface area contributed by atoms with Crippen LogP contribution in [0.4, 0.5) is 11.9 Å². The molecular weight excluding hydrogens is 587 g/mol. The van der Waals surface area contributed by atoms with E-state index >= 15 is 0 Å². The Kier molecular flexibility index (Phi) is 6.99. The minimum Gasteiger partial charge on any atom is -0.366 e. The summed E-state index contributed by atoms with van der Waals surface area (Å²) >= 11 is 2.16. The quantitative estimate of drug-likeness (QED) is 0.244. The van der Waals surface area contributed by atoms with Crippen molar-refractivity contribution in [3.8, 4) is 0 Å². The maximum atomic E-state index is 13.0. The first kappa shape index (κ1) is 24.6. The summed E-state index contributed by atoms with van der Waals surface area (Å²) < 4.78 is 0.973. The van der Waals surface area contributed by atoms with Crippen molar-refractivity contribution >= 4 is 63.2 Å². The van der Waals surface area contributed by atoms with Crippen molar-refractivity contribution in [1.82, 2.24) is 24.8 Å². The number of hydrogen-bond acceptors (Lipinski definition) is 7. The van der Waals surface area contributed by atoms with Crippen molar-refractivity contribution in [2.24, 2.45) is 5.73 Å². The lowest BCUT2D eigenvalue weighted by molar-refractivity contribution is 0.0717. The molecule has 5 N–H and O–H groups in total. The Labute approximate surface area is 225 Å². The van der Waals surface area contributed by atoms with Gasteiger partial charge in [0.25, 0.3) is 17.7 Å². The van der Waals surface area contributed by atoms with E-state index in [4.69, 9.17) is 5.73 Å². The molecule has 1 fully saturated rings. The molecule has 0 atom stereocenters. The third kappa shape index (κ3) is 5.53. The molecule has 2 aromatic heterocycles. The van der Waals surface area contributed by atoms with Gasteiger partial charge in [-0.15, -0.1) is 0 Å². The first-order chi connectivity index (χ1) is 17.9. The summed E-state index contributed by atoms with van der Waals surface area (Å²) in [7, 11) is 0. The highest BCUT2D eigenvalue weighted by Gasteiger charge is 2.24. The molecule has 1 aliphatic heterocycles. The number of hydrogen-bond donors (Lipinski definition) is 4. The molecule has 0 unspecified atom stereocenters. The van der Waals surface area contributed by atoms with Gasteiger partial charge in [0.15, 0.2) is 0 Å². The second kappa shape index (κ2) is 10.5. The van der Waals surface area contributed by atoms with Crippen molar-refractivity contribution in [2.45, 2.75) is 18.9 Å². The number of aromatic nitrogens is 4. The average Bonchev–Trinajstić information content (AvgIpc) is 3.32. The number of halogens is 1. The van der Waals surface area contributed by atoms with E-state index in [2.05, 4.69) is 53.2 Å². The van der Waals surface area contributed by atoms with Crippen LogP contribution in [-0.2, 0) is 0 Å². The highest BCUT2D eigenvalue weighted by Crippen LogP contribution is 2.20. The normalized spacial score (nSPS) is 13.9. The van der Waals surface area contributed by atoms with Crippen LogP contribution in [0.15, 0.2) is 54.9 Å². The van der Waals surface area contributed by atoms with Crippen LogP contribution in [0.1, 0.15) is 43.9 Å². The lowest BCUT2D eigenvalue weighted by atomic mass is 10.0. The smallest absolute Gasteiger partial charge is 0.257 e. The molecule has 1 aliphatic rings. The van der Waals surface area contributed by atoms with E-state index in [-0.39, 0.29) is 23.5 Å². The number of anilines is 2. The van der Waals surface area contributed by atoms with Crippen molar-refractivity contribution in [3.05, 3.63) is 75.1 Å². The molecular formula is C25H23IN8O3. The lowest BCUT2D eigenvalue weighted by Gasteiger charge is -2.32. The summed E-state index contributed by atoms with van der Waals surface area (Å²) in [5, 5.41) is 6.01. The predicted octanol–water partition coefficient (Wildman–Crippen LogP) is 3.03. The van der Waals surface area contributed by atoms with Crippen LogP contribution in [0.5, 0.6) is 0 Å². The number of nitrogens with one attached hydrogen (secondary N) is 3. The Morgan fingerprint density at radius 1 is 1.00 bits per heavy atom. The van der Waals surface area contributed by atoms with Crippen LogP contribution < -0.4 is 16.4 Å². The fourth-order valence-electron chi connectivity index (χ4n) is 4.21. The number of piperidine rings is 1. The summed E-state index contributed by atoms with van der Waals surface area (Å²) in [4.78, 5) is 54.9. The van der Waals surface area contributed by atoms with Gasteiger partial charge in [-0.3, -0.25) is 19.7 Å². The van der Waals surface area contributed by atoms with E-state index in [0.29, 0.717) is 41.2 Å². The molecule has 3 heterocycles. The zero-order valence-corrected chi connectivity index (χ0v) is 21.7. The second-order valence-corrected chi connectivity index (χ2v) is 9.86. The molecule has 0 saturated carbocycles. The summed E-state index contributed by atoms with van der Waals surface area (Å²) in [6.45, 7) is 1.23. The molecule has 5 rings (SSSR count). The summed E-state index contributed by atoms with van der Waals surface area (Å²) in [5.74, 6) is -0.290. The Hall–Kier alpha value is -4.07. The molecule has 0 bridgehead atoms. The Morgan fingerprint density at radius 3 is 2.35 bits per heavy atom. The molecule has 37 heavy (non-hydrogen) atoms. The topological polar surface area (TPSA) is 159 Å². The first-order valence-corrected chi connectivity index (χ1v) is 12.7. The van der Waals surface area contributed by atoms with Gasteiger partial charge in [-0.1, -0.05) is 6.07 Å². The van der Waals surface area contributed by atoms with Gasteiger partial charge in [0.2, 0.25) is 11.9 Å². The SMILES string of the molecule is NC(=O)c1cccc2[nH]c(NC(=O)c3ccc(C(=O)N4CCC(Nc5ncc(I)cn5)CC4)cc3)nc12. The molecule has 0 radical (unpaired) electrons. The van der Waals surface area contributed by atoms with E-state index in [0.717, 1.165) is 16.4 Å². The molecule has 3 amide bonds. The number of likely N-dealkylation sites (tertiary alicyclic amines) is 1. The number of nitrogens with two attached hydrogens (primary N) is 1. The van der Waals surface area contributed by atoms with Crippen molar-refractivity contribution in [2.75, 3.05) is 23.7 Å². The van der Waals surface area contributed by atoms with Gasteiger partial charge in [-0.2, -0.15) is 0 Å². The van der Waals surface area contributed by atoms with Crippen LogP contribution in [0.2, 0.25) is 0 Å². The zero-order valence-electron chi connectivity index (χ0n) is 19.6. The van der Waals surface area contributed by atoms with Gasteiger partial charge in [0.1, 0.15) is 5.52 Å². The summed E-state index contributed by atoms with van der Waals surface area (Å²) in [6, 6.07) is 11.7. The number of rotatable bonds is 6. The van der Waals surface area contributed by atoms with E-state index in [9.17, 15) is 14.4 Å². The van der Waals surface area contributed by atoms with E-state index in [1.807, 2.05) is 4.90 Å². The number of imidazole rings is 1. The number of amides is 3. The molecule has 4 aromatic rings. The Bertz CT molecular complexity index is 1460. The van der Waals surface area contributed by atoms with Crippen molar-refractivity contribution in [1.29, 1.82) is 0 Å². The fourth-order valence-corrected chi connectivity index (χ4v) is 4.49.